The second-order valence-corrected chi connectivity index (χ2v) is 4.67. The minimum Gasteiger partial charge on any atom is -0.548 e. The summed E-state index contributed by atoms with van der Waals surface area (Å²) in [6.45, 7) is 3.06. The Kier molecular flexibility index (Phi) is 4.77. The maximum absolute atomic E-state index is 12.5. The smallest absolute Gasteiger partial charge is 0.416 e. The van der Waals surface area contributed by atoms with Crippen molar-refractivity contribution >= 4 is 17.3 Å². The molecule has 0 saturated heterocycles. The molecule has 1 rings (SSSR count). The average molecular weight is 305 g/mol. The fourth-order valence-electron chi connectivity index (χ4n) is 1.65. The summed E-state index contributed by atoms with van der Waals surface area (Å²) in [6, 6.07) is 0.566. The molecule has 0 amide bonds. The molecule has 0 unspecified atom stereocenters. The minimum atomic E-state index is -4.73. The maximum Gasteiger partial charge on any atom is 0.416 e. The molecule has 6 nitrogen and oxygen atoms in total. The van der Waals surface area contributed by atoms with Crippen LogP contribution in [0, 0.1) is 16.0 Å². The Balaban J connectivity index is 3.24. The molecule has 116 valence electrons. The van der Waals surface area contributed by atoms with E-state index in [1.165, 1.54) is 13.8 Å². The van der Waals surface area contributed by atoms with Gasteiger partial charge in [-0.25, -0.2) is 0 Å². The van der Waals surface area contributed by atoms with Crippen LogP contribution in [0.15, 0.2) is 18.2 Å². The van der Waals surface area contributed by atoms with E-state index in [-0.39, 0.29) is 5.69 Å². The van der Waals surface area contributed by atoms with Gasteiger partial charge in [0.1, 0.15) is 5.69 Å². The molecular formula is C12H12F3N2O4-. The van der Waals surface area contributed by atoms with Crippen LogP contribution >= 0.6 is 0 Å². The van der Waals surface area contributed by atoms with Crippen LogP contribution in [0.2, 0.25) is 0 Å². The van der Waals surface area contributed by atoms with Crippen LogP contribution in [0.4, 0.5) is 24.5 Å². The molecular weight excluding hydrogens is 293 g/mol. The number of carboxylic acid groups (broad SMARTS) is 1. The SMILES string of the molecule is CC(C)[C@@H](Nc1ccc(C(F)(F)F)cc1[N+](=O)[O-])C(=O)[O-]. The predicted octanol–water partition coefficient (Wildman–Crippen LogP) is 1.80. The summed E-state index contributed by atoms with van der Waals surface area (Å²) in [6.07, 6.45) is -4.73. The molecule has 0 bridgehead atoms. The molecule has 0 spiro atoms. The third-order valence-electron chi connectivity index (χ3n) is 2.75. The van der Waals surface area contributed by atoms with Gasteiger partial charge in [-0.3, -0.25) is 10.1 Å². The monoisotopic (exact) mass is 305 g/mol. The van der Waals surface area contributed by atoms with Crippen LogP contribution in [0.25, 0.3) is 0 Å². The molecule has 0 aromatic heterocycles. The molecule has 1 atom stereocenters. The Bertz CT molecular complexity index is 558. The molecule has 21 heavy (non-hydrogen) atoms. The number of nitro benzene ring substituents is 1. The summed E-state index contributed by atoms with van der Waals surface area (Å²) < 4.78 is 37.6. The first-order valence-corrected chi connectivity index (χ1v) is 5.87. The molecule has 0 aliphatic carbocycles. The number of nitro groups is 1. The Morgan fingerprint density at radius 1 is 1.33 bits per heavy atom. The first-order chi connectivity index (χ1) is 9.54. The van der Waals surface area contributed by atoms with E-state index in [2.05, 4.69) is 5.32 Å². The quantitative estimate of drug-likeness (QED) is 0.661. The average Bonchev–Trinajstić information content (AvgIpc) is 2.33. The summed E-state index contributed by atoms with van der Waals surface area (Å²) in [4.78, 5) is 20.8. The number of carboxylic acids is 1. The highest BCUT2D eigenvalue weighted by Gasteiger charge is 2.33. The third-order valence-corrected chi connectivity index (χ3v) is 2.75. The van der Waals surface area contributed by atoms with Gasteiger partial charge in [-0.15, -0.1) is 0 Å². The fourth-order valence-corrected chi connectivity index (χ4v) is 1.65. The van der Waals surface area contributed by atoms with E-state index >= 15 is 0 Å². The first-order valence-electron chi connectivity index (χ1n) is 5.87. The summed E-state index contributed by atoms with van der Waals surface area (Å²) in [7, 11) is 0. The van der Waals surface area contributed by atoms with E-state index in [0.717, 1.165) is 6.07 Å². The van der Waals surface area contributed by atoms with Crippen LogP contribution in [0.1, 0.15) is 19.4 Å². The molecule has 0 aliphatic rings. The van der Waals surface area contributed by atoms with E-state index in [1.54, 1.807) is 0 Å². The van der Waals surface area contributed by atoms with Gasteiger partial charge in [0.15, 0.2) is 0 Å². The Labute approximate surface area is 117 Å². The van der Waals surface area contributed by atoms with Crippen LogP contribution < -0.4 is 10.4 Å². The second-order valence-electron chi connectivity index (χ2n) is 4.67. The molecule has 0 fully saturated rings. The van der Waals surface area contributed by atoms with E-state index in [1.807, 2.05) is 0 Å². The van der Waals surface area contributed by atoms with Gasteiger partial charge in [0, 0.05) is 6.07 Å². The van der Waals surface area contributed by atoms with Crippen molar-refractivity contribution in [3.8, 4) is 0 Å². The zero-order chi connectivity index (χ0) is 16.4. The molecule has 0 aliphatic heterocycles. The van der Waals surface area contributed by atoms with Gasteiger partial charge < -0.3 is 15.2 Å². The first kappa shape index (κ1) is 16.7. The highest BCUT2D eigenvalue weighted by Crippen LogP contribution is 2.35. The minimum absolute atomic E-state index is 0.309. The van der Waals surface area contributed by atoms with Gasteiger partial charge in [0.25, 0.3) is 5.69 Å². The lowest BCUT2D eigenvalue weighted by Gasteiger charge is -2.24. The number of carbonyl (C=O) groups is 1. The summed E-state index contributed by atoms with van der Waals surface area (Å²) in [5.74, 6) is -1.98. The van der Waals surface area contributed by atoms with Crippen LogP contribution in [-0.4, -0.2) is 16.9 Å². The van der Waals surface area contributed by atoms with Crippen molar-refractivity contribution < 1.29 is 28.0 Å². The molecule has 1 N–H and O–H groups in total. The number of nitrogens with one attached hydrogen (secondary N) is 1. The maximum atomic E-state index is 12.5. The number of halogens is 3. The van der Waals surface area contributed by atoms with Crippen LogP contribution in [-0.2, 0) is 11.0 Å². The topological polar surface area (TPSA) is 95.3 Å². The van der Waals surface area contributed by atoms with Crippen LogP contribution in [0.3, 0.4) is 0 Å². The number of aliphatic carboxylic acids is 1. The van der Waals surface area contributed by atoms with Crippen molar-refractivity contribution in [2.75, 3.05) is 5.32 Å². The highest BCUT2D eigenvalue weighted by molar-refractivity contribution is 5.77. The van der Waals surface area contributed by atoms with Crippen molar-refractivity contribution in [1.29, 1.82) is 0 Å². The molecule has 9 heteroatoms. The number of hydrogen-bond acceptors (Lipinski definition) is 5. The van der Waals surface area contributed by atoms with Crippen molar-refractivity contribution in [2.24, 2.45) is 5.92 Å². The summed E-state index contributed by atoms with van der Waals surface area (Å²) in [5.41, 5.74) is -2.35. The van der Waals surface area contributed by atoms with Crippen molar-refractivity contribution in [2.45, 2.75) is 26.1 Å². The van der Waals surface area contributed by atoms with Crippen molar-refractivity contribution in [3.05, 3.63) is 33.9 Å². The normalized spacial score (nSPS) is 13.0. The van der Waals surface area contributed by atoms with Crippen molar-refractivity contribution in [3.63, 3.8) is 0 Å². The Hall–Kier alpha value is -2.32. The number of hydrogen-bond donors (Lipinski definition) is 1. The molecule has 0 saturated carbocycles. The fraction of sp³-hybridized carbons (Fsp3) is 0.417. The van der Waals surface area contributed by atoms with Crippen LogP contribution in [0.5, 0.6) is 0 Å². The highest BCUT2D eigenvalue weighted by atomic mass is 19.4. The number of benzene rings is 1. The number of rotatable bonds is 5. The summed E-state index contributed by atoms with van der Waals surface area (Å²) >= 11 is 0. The van der Waals surface area contributed by atoms with Gasteiger partial charge >= 0.3 is 6.18 Å². The lowest BCUT2D eigenvalue weighted by molar-refractivity contribution is -0.384. The van der Waals surface area contributed by atoms with E-state index in [0.29, 0.717) is 12.1 Å². The number of nitrogens with zero attached hydrogens (tertiary/aromatic N) is 1. The summed E-state index contributed by atoms with van der Waals surface area (Å²) in [5, 5.41) is 24.1. The largest absolute Gasteiger partial charge is 0.548 e. The Morgan fingerprint density at radius 3 is 2.29 bits per heavy atom. The number of carbonyl (C=O) groups excluding carboxylic acids is 1. The molecule has 1 aromatic rings. The number of alkyl halides is 3. The second kappa shape index (κ2) is 5.98. The van der Waals surface area contributed by atoms with Gasteiger partial charge in [-0.05, 0) is 18.1 Å². The molecule has 0 heterocycles. The number of anilines is 1. The van der Waals surface area contributed by atoms with E-state index in [4.69, 9.17) is 0 Å². The van der Waals surface area contributed by atoms with E-state index in [9.17, 15) is 33.2 Å². The predicted molar refractivity (Wildman–Crippen MR) is 65.4 cm³/mol. The lowest BCUT2D eigenvalue weighted by Crippen LogP contribution is -2.44. The zero-order valence-corrected chi connectivity index (χ0v) is 11.1. The van der Waals surface area contributed by atoms with Gasteiger partial charge in [-0.1, -0.05) is 13.8 Å². The van der Waals surface area contributed by atoms with Crippen molar-refractivity contribution in [1.82, 2.24) is 0 Å². The van der Waals surface area contributed by atoms with Gasteiger partial charge in [0.05, 0.1) is 22.5 Å². The third kappa shape index (κ3) is 4.07. The zero-order valence-electron chi connectivity index (χ0n) is 11.1. The Morgan fingerprint density at radius 2 is 1.90 bits per heavy atom. The molecule has 0 radical (unpaired) electrons. The molecule has 1 aromatic carbocycles. The van der Waals surface area contributed by atoms with Gasteiger partial charge in [0.2, 0.25) is 0 Å². The standard InChI is InChI=1S/C12H13F3N2O4/c1-6(2)10(11(18)19)16-8-4-3-7(12(13,14)15)5-9(8)17(20)21/h3-6,10,16H,1-2H3,(H,18,19)/p-1/t10-/m1/s1. The van der Waals surface area contributed by atoms with Gasteiger partial charge in [-0.2, -0.15) is 13.2 Å². The lowest BCUT2D eigenvalue weighted by atomic mass is 10.0. The van der Waals surface area contributed by atoms with E-state index < -0.39 is 40.3 Å².